The number of carbonyl (C=O) groups excluding carboxylic acids is 3. The zero-order chi connectivity index (χ0) is 27.5. The fourth-order valence-corrected chi connectivity index (χ4v) is 7.61. The van der Waals surface area contributed by atoms with Crippen molar-refractivity contribution in [2.75, 3.05) is 7.11 Å². The first kappa shape index (κ1) is 27.2. The number of hydrogen-bond acceptors (Lipinski definition) is 9. The molecule has 9 nitrogen and oxygen atoms in total. The molecule has 0 aromatic rings. The van der Waals surface area contributed by atoms with Crippen LogP contribution in [0.4, 0.5) is 0 Å². The van der Waals surface area contributed by atoms with Crippen molar-refractivity contribution < 1.29 is 43.5 Å². The van der Waals surface area contributed by atoms with E-state index in [1.165, 1.54) is 7.11 Å². The molecule has 38 heavy (non-hydrogen) atoms. The van der Waals surface area contributed by atoms with E-state index in [4.69, 9.17) is 18.9 Å². The lowest BCUT2D eigenvalue weighted by Crippen LogP contribution is -2.61. The molecule has 5 rings (SSSR count). The first-order valence-corrected chi connectivity index (χ1v) is 13.6. The molecule has 12 atom stereocenters. The summed E-state index contributed by atoms with van der Waals surface area (Å²) < 4.78 is 24.0. The minimum Gasteiger partial charge on any atom is -0.457 e. The first-order chi connectivity index (χ1) is 18.0. The number of allylic oxidation sites excluding steroid dienone is 3. The molecule has 2 saturated carbocycles. The van der Waals surface area contributed by atoms with Gasteiger partial charge in [-0.25, -0.2) is 9.59 Å². The van der Waals surface area contributed by atoms with Crippen LogP contribution < -0.4 is 0 Å². The molecule has 0 amide bonds. The summed E-state index contributed by atoms with van der Waals surface area (Å²) in [7, 11) is 1.39. The van der Waals surface area contributed by atoms with E-state index in [1.54, 1.807) is 19.1 Å². The molecule has 2 aliphatic heterocycles. The van der Waals surface area contributed by atoms with Gasteiger partial charge in [0.2, 0.25) is 0 Å². The molecule has 3 fully saturated rings. The van der Waals surface area contributed by atoms with Gasteiger partial charge in [0.25, 0.3) is 0 Å². The SMILES string of the molecule is CO[C@H]1C[C@H]2C(=O)C[C@H]3[C@H]4O[C@]2(/C(C)=C/[C@@H](C)[C@@H]([C@@H](C)O)OC1=O)[C@@H]3[C@H](O)[C@@H](C)[C@H]4OC(=O)C1=CC=CC1. The number of aliphatic hydroxyl groups excluding tert-OH is 2. The quantitative estimate of drug-likeness (QED) is 0.414. The Morgan fingerprint density at radius 2 is 2.00 bits per heavy atom. The third kappa shape index (κ3) is 4.10. The van der Waals surface area contributed by atoms with Gasteiger partial charge in [0, 0.05) is 42.8 Å². The second-order valence-corrected chi connectivity index (χ2v) is 11.6. The minimum atomic E-state index is -1.21. The van der Waals surface area contributed by atoms with Gasteiger partial charge in [-0.1, -0.05) is 38.2 Å². The predicted molar refractivity (Wildman–Crippen MR) is 134 cm³/mol. The molecule has 1 spiro atoms. The number of ketones is 1. The fourth-order valence-electron chi connectivity index (χ4n) is 7.61. The van der Waals surface area contributed by atoms with E-state index < -0.39 is 77.8 Å². The second-order valence-electron chi connectivity index (χ2n) is 11.6. The third-order valence-electron chi connectivity index (χ3n) is 9.45. The van der Waals surface area contributed by atoms with Crippen LogP contribution in [0.15, 0.2) is 35.5 Å². The highest BCUT2D eigenvalue weighted by molar-refractivity contribution is 5.90. The van der Waals surface area contributed by atoms with Crippen LogP contribution in [0.1, 0.15) is 47.0 Å². The molecule has 2 N–H and O–H groups in total. The molecule has 0 aromatic heterocycles. The first-order valence-electron chi connectivity index (χ1n) is 13.6. The van der Waals surface area contributed by atoms with Gasteiger partial charge in [-0.15, -0.1) is 0 Å². The average molecular weight is 531 g/mol. The molecular weight excluding hydrogens is 492 g/mol. The van der Waals surface area contributed by atoms with E-state index >= 15 is 0 Å². The average Bonchev–Trinajstić information content (AvgIpc) is 3.47. The van der Waals surface area contributed by atoms with Crippen LogP contribution in [0.2, 0.25) is 0 Å². The van der Waals surface area contributed by atoms with Crippen LogP contribution in [-0.4, -0.2) is 77.3 Å². The summed E-state index contributed by atoms with van der Waals surface area (Å²) in [5.74, 6) is -3.56. The molecule has 1 saturated heterocycles. The van der Waals surface area contributed by atoms with Crippen LogP contribution >= 0.6 is 0 Å². The molecule has 208 valence electrons. The van der Waals surface area contributed by atoms with Crippen molar-refractivity contribution >= 4 is 17.7 Å². The summed E-state index contributed by atoms with van der Waals surface area (Å²) in [4.78, 5) is 39.7. The normalized spacial score (nSPS) is 46.4. The van der Waals surface area contributed by atoms with Crippen LogP contribution in [0.3, 0.4) is 0 Å². The van der Waals surface area contributed by atoms with E-state index in [1.807, 2.05) is 32.9 Å². The summed E-state index contributed by atoms with van der Waals surface area (Å²) in [5.41, 5.74) is 0.0654. The monoisotopic (exact) mass is 530 g/mol. The maximum absolute atomic E-state index is 13.7. The topological polar surface area (TPSA) is 129 Å². The Morgan fingerprint density at radius 1 is 1.26 bits per heavy atom. The second kappa shape index (κ2) is 10.0. The maximum Gasteiger partial charge on any atom is 0.335 e. The van der Waals surface area contributed by atoms with Crippen molar-refractivity contribution in [1.29, 1.82) is 0 Å². The van der Waals surface area contributed by atoms with Gasteiger partial charge in [-0.05, 0) is 32.3 Å². The van der Waals surface area contributed by atoms with Crippen molar-refractivity contribution in [3.05, 3.63) is 35.5 Å². The zero-order valence-electron chi connectivity index (χ0n) is 22.5. The van der Waals surface area contributed by atoms with E-state index in [2.05, 4.69) is 0 Å². The third-order valence-corrected chi connectivity index (χ3v) is 9.45. The van der Waals surface area contributed by atoms with Gasteiger partial charge in [0.05, 0.1) is 24.2 Å². The number of aliphatic hydroxyl groups is 2. The Hall–Kier alpha value is -2.33. The number of methoxy groups -OCH3 is 1. The number of ether oxygens (including phenoxy) is 4. The van der Waals surface area contributed by atoms with E-state index in [-0.39, 0.29) is 24.5 Å². The summed E-state index contributed by atoms with van der Waals surface area (Å²) in [6, 6.07) is 0. The highest BCUT2D eigenvalue weighted by atomic mass is 16.6. The highest BCUT2D eigenvalue weighted by Crippen LogP contribution is 2.62. The smallest absolute Gasteiger partial charge is 0.335 e. The van der Waals surface area contributed by atoms with Crippen molar-refractivity contribution in [3.8, 4) is 0 Å². The predicted octanol–water partition coefficient (Wildman–Crippen LogP) is 2.05. The van der Waals surface area contributed by atoms with Gasteiger partial charge in [-0.3, -0.25) is 4.79 Å². The molecule has 5 aliphatic rings. The van der Waals surface area contributed by atoms with Gasteiger partial charge >= 0.3 is 11.9 Å². The summed E-state index contributed by atoms with van der Waals surface area (Å²) in [6.45, 7) is 7.11. The van der Waals surface area contributed by atoms with Gasteiger partial charge in [0.1, 0.15) is 23.6 Å². The number of Topliss-reactive ketones (excluding diaryl/α,β-unsaturated/α-hetero) is 1. The summed E-state index contributed by atoms with van der Waals surface area (Å²) in [6.07, 6.45) is 2.88. The summed E-state index contributed by atoms with van der Waals surface area (Å²) in [5, 5.41) is 22.1. The van der Waals surface area contributed by atoms with Crippen molar-refractivity contribution in [1.82, 2.24) is 0 Å². The van der Waals surface area contributed by atoms with Crippen molar-refractivity contribution in [3.63, 3.8) is 0 Å². The number of carbonyl (C=O) groups is 3. The molecule has 9 heteroatoms. The summed E-state index contributed by atoms with van der Waals surface area (Å²) >= 11 is 0. The number of esters is 2. The Morgan fingerprint density at radius 3 is 2.63 bits per heavy atom. The minimum absolute atomic E-state index is 0.0142. The van der Waals surface area contributed by atoms with Crippen LogP contribution in [0.25, 0.3) is 0 Å². The highest BCUT2D eigenvalue weighted by Gasteiger charge is 2.72. The number of rotatable bonds is 4. The van der Waals surface area contributed by atoms with Gasteiger partial charge in [0.15, 0.2) is 6.10 Å². The number of cyclic esters (lactones) is 1. The van der Waals surface area contributed by atoms with E-state index in [0.29, 0.717) is 12.0 Å². The lowest BCUT2D eigenvalue weighted by atomic mass is 9.54. The molecule has 0 unspecified atom stereocenters. The lowest BCUT2D eigenvalue weighted by molar-refractivity contribution is -0.174. The number of hydrogen-bond donors (Lipinski definition) is 2. The van der Waals surface area contributed by atoms with Crippen LogP contribution in [0.5, 0.6) is 0 Å². The lowest BCUT2D eigenvalue weighted by Gasteiger charge is -2.50. The van der Waals surface area contributed by atoms with E-state index in [9.17, 15) is 24.6 Å². The maximum atomic E-state index is 13.7. The largest absolute Gasteiger partial charge is 0.457 e. The molecule has 0 aromatic carbocycles. The van der Waals surface area contributed by atoms with Gasteiger partial charge < -0.3 is 29.2 Å². The Kier molecular flexibility index (Phi) is 7.18. The van der Waals surface area contributed by atoms with Crippen LogP contribution in [-0.2, 0) is 33.3 Å². The standard InChI is InChI=1S/C29H38O9/c1-13-10-14(2)29-19(12-21(35-5)28(34)36-24(13)16(4)30)20(31)11-18-22(29)23(32)15(3)25(26(18)38-29)37-27(33)17-8-6-7-9-17/h6-8,10,13,15-16,18-19,21-26,30,32H,9,11-12H2,1-5H3/b14-10+/t13-,15-,16-,18-,19+,21+,22+,23-,24+,25-,26-,29+/m1/s1. The Balaban J connectivity index is 1.59. The zero-order valence-corrected chi connectivity index (χ0v) is 22.5. The molecule has 3 aliphatic carbocycles. The van der Waals surface area contributed by atoms with Crippen LogP contribution in [0, 0.1) is 29.6 Å². The molecular formula is C29H38O9. The Bertz CT molecular complexity index is 1090. The van der Waals surface area contributed by atoms with E-state index in [0.717, 1.165) is 5.57 Å². The van der Waals surface area contributed by atoms with Crippen molar-refractivity contribution in [2.45, 2.75) is 89.2 Å². The fraction of sp³-hybridized carbons (Fsp3) is 0.690. The Labute approximate surface area is 222 Å². The van der Waals surface area contributed by atoms with Crippen molar-refractivity contribution in [2.24, 2.45) is 29.6 Å². The molecule has 2 heterocycles. The van der Waals surface area contributed by atoms with Gasteiger partial charge in [-0.2, -0.15) is 0 Å². The molecule has 4 bridgehead atoms. The molecule has 0 radical (unpaired) electrons.